The zero-order chi connectivity index (χ0) is 11.0. The maximum atomic E-state index is 12.0. The Labute approximate surface area is 92.2 Å². The van der Waals surface area contributed by atoms with Crippen LogP contribution >= 0.6 is 0 Å². The Morgan fingerprint density at radius 1 is 1.13 bits per heavy atom. The van der Waals surface area contributed by atoms with Crippen molar-refractivity contribution in [1.29, 1.82) is 0 Å². The quantitative estimate of drug-likeness (QED) is 0.715. The van der Waals surface area contributed by atoms with Gasteiger partial charge in [-0.1, -0.05) is 6.92 Å². The lowest BCUT2D eigenvalue weighted by Crippen LogP contribution is -2.44. The summed E-state index contributed by atoms with van der Waals surface area (Å²) in [4.78, 5) is 14.0. The lowest BCUT2D eigenvalue weighted by molar-refractivity contribution is -0.132. The van der Waals surface area contributed by atoms with Crippen molar-refractivity contribution in [3.63, 3.8) is 0 Å². The highest BCUT2D eigenvalue weighted by atomic mass is 16.2. The molecule has 3 nitrogen and oxygen atoms in total. The maximum absolute atomic E-state index is 12.0. The van der Waals surface area contributed by atoms with E-state index >= 15 is 0 Å². The fraction of sp³-hybridized carbons (Fsp3) is 0.917. The summed E-state index contributed by atoms with van der Waals surface area (Å²) in [5, 5.41) is 3.30. The first-order valence-electron chi connectivity index (χ1n) is 6.18. The zero-order valence-corrected chi connectivity index (χ0v) is 9.99. The summed E-state index contributed by atoms with van der Waals surface area (Å²) in [6, 6.07) is 0.500. The molecule has 0 aromatic rings. The fourth-order valence-corrected chi connectivity index (χ4v) is 2.94. The molecular formula is C12H22N2O. The first-order chi connectivity index (χ1) is 7.09. The molecule has 1 N–H and O–H groups in total. The molecule has 0 radical (unpaired) electrons. The monoisotopic (exact) mass is 210 g/mol. The van der Waals surface area contributed by atoms with E-state index < -0.39 is 0 Å². The Kier molecular flexibility index (Phi) is 3.01. The van der Waals surface area contributed by atoms with E-state index in [2.05, 4.69) is 24.1 Å². The summed E-state index contributed by atoms with van der Waals surface area (Å²) < 4.78 is 0. The van der Waals surface area contributed by atoms with Gasteiger partial charge in [-0.15, -0.1) is 0 Å². The number of nitrogens with one attached hydrogen (secondary N) is 1. The van der Waals surface area contributed by atoms with E-state index in [9.17, 15) is 4.79 Å². The van der Waals surface area contributed by atoms with Crippen molar-refractivity contribution in [2.24, 2.45) is 5.92 Å². The maximum Gasteiger partial charge on any atom is 0.240 e. The molecule has 0 aromatic heterocycles. The van der Waals surface area contributed by atoms with E-state index in [1.165, 1.54) is 25.7 Å². The largest absolute Gasteiger partial charge is 0.323 e. The molecule has 15 heavy (non-hydrogen) atoms. The zero-order valence-electron chi connectivity index (χ0n) is 9.99. The van der Waals surface area contributed by atoms with Crippen LogP contribution in [0.5, 0.6) is 0 Å². The predicted octanol–water partition coefficient (Wildman–Crippen LogP) is 1.73. The highest BCUT2D eigenvalue weighted by Crippen LogP contribution is 2.29. The summed E-state index contributed by atoms with van der Waals surface area (Å²) in [5.41, 5.74) is 0. The Hall–Kier alpha value is -0.570. The molecule has 2 aliphatic rings. The van der Waals surface area contributed by atoms with Crippen LogP contribution < -0.4 is 5.32 Å². The molecule has 0 aromatic carbocycles. The first kappa shape index (κ1) is 10.9. The van der Waals surface area contributed by atoms with Crippen LogP contribution in [0.3, 0.4) is 0 Å². The molecule has 1 aliphatic heterocycles. The standard InChI is InChI=1S/C12H22N2O/c1-8-4-6-11(7-5-8)14-10(3)13-9(2)12(14)15/h8-11,13H,4-7H2,1-3H3. The van der Waals surface area contributed by atoms with Crippen LogP contribution in [0.2, 0.25) is 0 Å². The van der Waals surface area contributed by atoms with Gasteiger partial charge in [0.2, 0.25) is 5.91 Å². The molecule has 1 aliphatic carbocycles. The van der Waals surface area contributed by atoms with Crippen LogP contribution in [0.25, 0.3) is 0 Å². The number of rotatable bonds is 1. The van der Waals surface area contributed by atoms with Gasteiger partial charge in [-0.3, -0.25) is 10.1 Å². The molecule has 3 heteroatoms. The average Bonchev–Trinajstić information content (AvgIpc) is 2.44. The molecule has 86 valence electrons. The molecule has 0 spiro atoms. The van der Waals surface area contributed by atoms with E-state index in [1.807, 2.05) is 6.92 Å². The third kappa shape index (κ3) is 2.03. The van der Waals surface area contributed by atoms with Crippen molar-refractivity contribution < 1.29 is 4.79 Å². The third-order valence-corrected chi connectivity index (χ3v) is 3.91. The van der Waals surface area contributed by atoms with Crippen molar-refractivity contribution in [3.05, 3.63) is 0 Å². The van der Waals surface area contributed by atoms with Gasteiger partial charge >= 0.3 is 0 Å². The number of carbonyl (C=O) groups excluding carboxylic acids is 1. The first-order valence-corrected chi connectivity index (χ1v) is 6.18. The molecule has 2 rings (SSSR count). The molecule has 1 amide bonds. The van der Waals surface area contributed by atoms with Gasteiger partial charge in [-0.25, -0.2) is 0 Å². The van der Waals surface area contributed by atoms with Gasteiger partial charge in [0.05, 0.1) is 12.2 Å². The van der Waals surface area contributed by atoms with Crippen molar-refractivity contribution in [2.45, 2.75) is 64.7 Å². The fourth-order valence-electron chi connectivity index (χ4n) is 2.94. The van der Waals surface area contributed by atoms with Crippen molar-refractivity contribution in [2.75, 3.05) is 0 Å². The van der Waals surface area contributed by atoms with Crippen LogP contribution in [0, 0.1) is 5.92 Å². The Bertz CT molecular complexity index is 246. The van der Waals surface area contributed by atoms with Gasteiger partial charge in [0, 0.05) is 6.04 Å². The van der Waals surface area contributed by atoms with Crippen molar-refractivity contribution >= 4 is 5.91 Å². The van der Waals surface area contributed by atoms with E-state index in [0.29, 0.717) is 11.9 Å². The summed E-state index contributed by atoms with van der Waals surface area (Å²) >= 11 is 0. The molecule has 1 saturated carbocycles. The average molecular weight is 210 g/mol. The molecule has 2 atom stereocenters. The van der Waals surface area contributed by atoms with Crippen LogP contribution in [-0.4, -0.2) is 29.1 Å². The highest BCUT2D eigenvalue weighted by Gasteiger charge is 2.38. The third-order valence-electron chi connectivity index (χ3n) is 3.91. The summed E-state index contributed by atoms with van der Waals surface area (Å²) in [6.45, 7) is 6.37. The van der Waals surface area contributed by atoms with Crippen molar-refractivity contribution in [1.82, 2.24) is 10.2 Å². The lowest BCUT2D eigenvalue weighted by atomic mass is 9.86. The number of hydrogen-bond donors (Lipinski definition) is 1. The normalized spacial score (nSPS) is 42.3. The van der Waals surface area contributed by atoms with Gasteiger partial charge < -0.3 is 4.90 Å². The van der Waals surface area contributed by atoms with Crippen LogP contribution in [0.1, 0.15) is 46.5 Å². The number of carbonyl (C=O) groups is 1. The Morgan fingerprint density at radius 2 is 1.73 bits per heavy atom. The molecule has 1 saturated heterocycles. The van der Waals surface area contributed by atoms with Crippen LogP contribution in [-0.2, 0) is 4.79 Å². The van der Waals surface area contributed by atoms with E-state index in [-0.39, 0.29) is 12.2 Å². The van der Waals surface area contributed by atoms with Crippen LogP contribution in [0.4, 0.5) is 0 Å². The minimum absolute atomic E-state index is 0.0133. The predicted molar refractivity (Wildman–Crippen MR) is 60.3 cm³/mol. The number of amides is 1. The summed E-state index contributed by atoms with van der Waals surface area (Å²) in [7, 11) is 0. The summed E-state index contributed by atoms with van der Waals surface area (Å²) in [6.07, 6.45) is 5.15. The molecular weight excluding hydrogens is 188 g/mol. The minimum Gasteiger partial charge on any atom is -0.323 e. The van der Waals surface area contributed by atoms with Gasteiger partial charge in [-0.2, -0.15) is 0 Å². The lowest BCUT2D eigenvalue weighted by Gasteiger charge is -2.35. The van der Waals surface area contributed by atoms with Gasteiger partial charge in [0.15, 0.2) is 0 Å². The second-order valence-corrected chi connectivity index (χ2v) is 5.22. The number of nitrogens with zero attached hydrogens (tertiary/aromatic N) is 1. The van der Waals surface area contributed by atoms with E-state index in [4.69, 9.17) is 0 Å². The van der Waals surface area contributed by atoms with Crippen LogP contribution in [0.15, 0.2) is 0 Å². The molecule has 0 bridgehead atoms. The van der Waals surface area contributed by atoms with Gasteiger partial charge in [0.25, 0.3) is 0 Å². The SMILES string of the molecule is CC1CCC(N2C(=O)C(C)NC2C)CC1. The highest BCUT2D eigenvalue weighted by molar-refractivity contribution is 5.84. The van der Waals surface area contributed by atoms with Gasteiger partial charge in [0.1, 0.15) is 0 Å². The van der Waals surface area contributed by atoms with E-state index in [1.54, 1.807) is 0 Å². The topological polar surface area (TPSA) is 32.3 Å². The Balaban J connectivity index is 2.01. The number of hydrogen-bond acceptors (Lipinski definition) is 2. The molecule has 2 fully saturated rings. The van der Waals surface area contributed by atoms with Crippen molar-refractivity contribution in [3.8, 4) is 0 Å². The molecule has 2 unspecified atom stereocenters. The second-order valence-electron chi connectivity index (χ2n) is 5.22. The minimum atomic E-state index is 0.0133. The summed E-state index contributed by atoms with van der Waals surface area (Å²) in [5.74, 6) is 1.14. The molecule has 1 heterocycles. The van der Waals surface area contributed by atoms with Gasteiger partial charge in [-0.05, 0) is 45.4 Å². The Morgan fingerprint density at radius 3 is 2.20 bits per heavy atom. The van der Waals surface area contributed by atoms with E-state index in [0.717, 1.165) is 5.92 Å². The smallest absolute Gasteiger partial charge is 0.240 e. The second kappa shape index (κ2) is 4.12.